The molecule has 2 N–H and O–H groups in total. The summed E-state index contributed by atoms with van der Waals surface area (Å²) in [6, 6.07) is 7.53. The minimum absolute atomic E-state index is 0.0213. The lowest BCUT2D eigenvalue weighted by atomic mass is 10.1. The molecule has 1 aliphatic carbocycles. The Morgan fingerprint density at radius 3 is 2.77 bits per heavy atom. The number of carbonyl (C=O) groups excluding carboxylic acids is 1. The van der Waals surface area contributed by atoms with Crippen LogP contribution in [0.25, 0.3) is 10.8 Å². The molecule has 1 atom stereocenters. The molecule has 1 amide bonds. The number of anilines is 2. The Morgan fingerprint density at radius 1 is 1.10 bits per heavy atom. The monoisotopic (exact) mass is 414 g/mol. The Bertz CT molecular complexity index is 1240. The largest absolute Gasteiger partial charge is 0.486 e. The molecule has 1 aliphatic heterocycles. The first-order valence-electron chi connectivity index (χ1n) is 10.3. The molecule has 3 aromatic rings. The maximum Gasteiger partial charge on any atom is 0.228 e. The van der Waals surface area contributed by atoms with Crippen LogP contribution in [0.1, 0.15) is 30.9 Å². The van der Waals surface area contributed by atoms with Gasteiger partial charge in [0.15, 0.2) is 11.5 Å². The molecule has 2 aromatic heterocycles. The lowest BCUT2D eigenvalue weighted by molar-refractivity contribution is -0.117. The third-order valence-electron chi connectivity index (χ3n) is 5.30. The second-order valence-corrected chi connectivity index (χ2v) is 7.80. The molecule has 0 bridgehead atoms. The van der Waals surface area contributed by atoms with Gasteiger partial charge in [-0.3, -0.25) is 4.79 Å². The Labute approximate surface area is 180 Å². The Balaban J connectivity index is 1.50. The molecule has 1 saturated carbocycles. The average Bonchev–Trinajstić information content (AvgIpc) is 3.63. The van der Waals surface area contributed by atoms with Crippen LogP contribution in [-0.2, 0) is 4.79 Å². The number of carbonyl (C=O) groups is 1. The van der Waals surface area contributed by atoms with Gasteiger partial charge in [-0.1, -0.05) is 11.8 Å². The van der Waals surface area contributed by atoms with Crippen molar-refractivity contribution in [1.82, 2.24) is 9.97 Å². The molecule has 0 spiro atoms. The summed E-state index contributed by atoms with van der Waals surface area (Å²) in [5.74, 6) is 9.20. The molecule has 3 heterocycles. The van der Waals surface area contributed by atoms with Gasteiger partial charge in [0.2, 0.25) is 5.91 Å². The van der Waals surface area contributed by atoms with E-state index >= 15 is 0 Å². The van der Waals surface area contributed by atoms with E-state index in [1.807, 2.05) is 38.2 Å². The zero-order valence-electron chi connectivity index (χ0n) is 17.4. The quantitative estimate of drug-likeness (QED) is 0.638. The van der Waals surface area contributed by atoms with E-state index in [9.17, 15) is 4.79 Å². The summed E-state index contributed by atoms with van der Waals surface area (Å²) in [5, 5.41) is 7.70. The van der Waals surface area contributed by atoms with E-state index < -0.39 is 0 Å². The number of amides is 1. The van der Waals surface area contributed by atoms with Crippen LogP contribution in [-0.4, -0.2) is 35.6 Å². The third kappa shape index (κ3) is 3.97. The number of rotatable bonds is 3. The van der Waals surface area contributed by atoms with Gasteiger partial charge in [0.05, 0.1) is 5.56 Å². The van der Waals surface area contributed by atoms with E-state index in [1.165, 1.54) is 0 Å². The second-order valence-electron chi connectivity index (χ2n) is 7.80. The van der Waals surface area contributed by atoms with Crippen molar-refractivity contribution in [2.75, 3.05) is 24.3 Å². The molecule has 1 aromatic carbocycles. The Kier molecular flexibility index (Phi) is 4.83. The molecule has 2 aliphatic rings. The molecule has 1 fully saturated rings. The van der Waals surface area contributed by atoms with Crippen molar-refractivity contribution >= 4 is 28.3 Å². The molecular weight excluding hydrogens is 392 g/mol. The fraction of sp³-hybridized carbons (Fsp3) is 0.292. The number of pyridine rings is 2. The number of benzene rings is 1. The molecule has 0 radical (unpaired) electrons. The van der Waals surface area contributed by atoms with Crippen molar-refractivity contribution in [3.05, 3.63) is 47.8 Å². The van der Waals surface area contributed by atoms with Crippen LogP contribution in [0.5, 0.6) is 11.5 Å². The lowest BCUT2D eigenvalue weighted by Gasteiger charge is -2.23. The van der Waals surface area contributed by atoms with Gasteiger partial charge in [-0.2, -0.15) is 0 Å². The van der Waals surface area contributed by atoms with E-state index in [1.54, 1.807) is 12.4 Å². The minimum Gasteiger partial charge on any atom is -0.486 e. The Hall–Kier alpha value is -3.79. The molecular formula is C24H22N4O3. The lowest BCUT2D eigenvalue weighted by Crippen LogP contribution is -2.25. The second kappa shape index (κ2) is 7.80. The van der Waals surface area contributed by atoms with Gasteiger partial charge in [0.1, 0.15) is 24.3 Å². The van der Waals surface area contributed by atoms with Crippen LogP contribution in [0.4, 0.5) is 11.6 Å². The minimum atomic E-state index is 0.0213. The van der Waals surface area contributed by atoms with Gasteiger partial charge in [0.25, 0.3) is 0 Å². The van der Waals surface area contributed by atoms with E-state index in [-0.39, 0.29) is 17.9 Å². The van der Waals surface area contributed by atoms with Crippen LogP contribution in [0.2, 0.25) is 0 Å². The number of aromatic nitrogens is 2. The van der Waals surface area contributed by atoms with E-state index in [4.69, 9.17) is 9.47 Å². The predicted octanol–water partition coefficient (Wildman–Crippen LogP) is 3.58. The van der Waals surface area contributed by atoms with E-state index in [0.29, 0.717) is 24.0 Å². The zero-order valence-corrected chi connectivity index (χ0v) is 17.4. The number of nitrogens with one attached hydrogen (secondary N) is 2. The maximum atomic E-state index is 12.1. The van der Waals surface area contributed by atoms with E-state index in [2.05, 4.69) is 32.4 Å². The van der Waals surface area contributed by atoms with Crippen molar-refractivity contribution in [3.63, 3.8) is 0 Å². The number of fused-ring (bicyclic) bond motifs is 2. The summed E-state index contributed by atoms with van der Waals surface area (Å²) in [6.07, 6.45) is 5.37. The molecule has 31 heavy (non-hydrogen) atoms. The normalized spacial score (nSPS) is 16.9. The maximum absolute atomic E-state index is 12.1. The topological polar surface area (TPSA) is 85.4 Å². The van der Waals surface area contributed by atoms with Crippen LogP contribution < -0.4 is 20.1 Å². The molecule has 156 valence electrons. The molecule has 7 heteroatoms. The van der Waals surface area contributed by atoms with Crippen LogP contribution in [0.3, 0.4) is 0 Å². The number of ether oxygens (including phenoxy) is 2. The molecule has 7 nitrogen and oxygen atoms in total. The summed E-state index contributed by atoms with van der Waals surface area (Å²) in [7, 11) is 1.81. The predicted molar refractivity (Wildman–Crippen MR) is 118 cm³/mol. The van der Waals surface area contributed by atoms with Crippen molar-refractivity contribution in [1.29, 1.82) is 0 Å². The average molecular weight is 414 g/mol. The highest BCUT2D eigenvalue weighted by atomic mass is 16.6. The standard InChI is InChI=1S/C24H22N4O3/c1-14-13-30-21-9-15(4-8-20(21)31-14)3-5-17-11-27-23(25-2)19-12-26-22(10-18(17)19)28-24(29)16-6-7-16/h4,8-12,14,16H,6-7,13H2,1-2H3,(H,25,27)(H,26,28,29). The van der Waals surface area contributed by atoms with Gasteiger partial charge >= 0.3 is 0 Å². The van der Waals surface area contributed by atoms with Crippen LogP contribution in [0, 0.1) is 17.8 Å². The number of nitrogens with zero attached hydrogens (tertiary/aromatic N) is 2. The smallest absolute Gasteiger partial charge is 0.228 e. The van der Waals surface area contributed by atoms with Crippen molar-refractivity contribution in [2.45, 2.75) is 25.9 Å². The fourth-order valence-electron chi connectivity index (χ4n) is 3.47. The van der Waals surface area contributed by atoms with E-state index in [0.717, 1.165) is 40.5 Å². The van der Waals surface area contributed by atoms with Gasteiger partial charge in [-0.25, -0.2) is 9.97 Å². The first-order chi connectivity index (χ1) is 15.1. The van der Waals surface area contributed by atoms with Crippen LogP contribution >= 0.6 is 0 Å². The van der Waals surface area contributed by atoms with Crippen molar-refractivity contribution in [3.8, 4) is 23.3 Å². The third-order valence-corrected chi connectivity index (χ3v) is 5.30. The van der Waals surface area contributed by atoms with Crippen LogP contribution in [0.15, 0.2) is 36.7 Å². The van der Waals surface area contributed by atoms with Gasteiger partial charge in [-0.05, 0) is 44.0 Å². The molecule has 1 unspecified atom stereocenters. The first kappa shape index (κ1) is 19.2. The molecule has 5 rings (SSSR count). The van der Waals surface area contributed by atoms with Crippen molar-refractivity contribution in [2.24, 2.45) is 5.92 Å². The zero-order chi connectivity index (χ0) is 21.4. The fourth-order valence-corrected chi connectivity index (χ4v) is 3.47. The van der Waals surface area contributed by atoms with Gasteiger partial charge in [-0.15, -0.1) is 0 Å². The summed E-state index contributed by atoms with van der Waals surface area (Å²) in [6.45, 7) is 2.49. The summed E-state index contributed by atoms with van der Waals surface area (Å²) < 4.78 is 11.5. The highest BCUT2D eigenvalue weighted by molar-refractivity contribution is 5.99. The van der Waals surface area contributed by atoms with Gasteiger partial charge in [0, 0.05) is 41.7 Å². The highest BCUT2D eigenvalue weighted by Crippen LogP contribution is 2.33. The van der Waals surface area contributed by atoms with Crippen molar-refractivity contribution < 1.29 is 14.3 Å². The SMILES string of the molecule is CNc1ncc(C#Cc2ccc3c(c2)OCC(C)O3)c2cc(NC(=O)C3CC3)ncc12. The highest BCUT2D eigenvalue weighted by Gasteiger charge is 2.29. The Morgan fingerprint density at radius 2 is 1.97 bits per heavy atom. The summed E-state index contributed by atoms with van der Waals surface area (Å²) in [5.41, 5.74) is 1.57. The number of hydrogen-bond acceptors (Lipinski definition) is 6. The summed E-state index contributed by atoms with van der Waals surface area (Å²) in [4.78, 5) is 21.0. The summed E-state index contributed by atoms with van der Waals surface area (Å²) >= 11 is 0. The molecule has 0 saturated heterocycles. The first-order valence-corrected chi connectivity index (χ1v) is 10.3. The number of hydrogen-bond donors (Lipinski definition) is 2. The van der Waals surface area contributed by atoms with Gasteiger partial charge < -0.3 is 20.1 Å².